The van der Waals surface area contributed by atoms with Crippen molar-refractivity contribution in [2.75, 3.05) is 20.6 Å². The summed E-state index contributed by atoms with van der Waals surface area (Å²) in [5.41, 5.74) is 3.92. The number of aryl methyl sites for hydroxylation is 1. The van der Waals surface area contributed by atoms with E-state index in [0.717, 1.165) is 29.5 Å². The minimum atomic E-state index is -0.987. The lowest BCUT2D eigenvalue weighted by Gasteiger charge is -2.28. The Labute approximate surface area is 271 Å². The van der Waals surface area contributed by atoms with Crippen LogP contribution >= 0.6 is 0 Å². The van der Waals surface area contributed by atoms with Crippen molar-refractivity contribution in [1.29, 1.82) is 0 Å². The van der Waals surface area contributed by atoms with Crippen LogP contribution in [0.1, 0.15) is 35.6 Å². The van der Waals surface area contributed by atoms with Crippen molar-refractivity contribution in [3.8, 4) is 5.75 Å². The summed E-state index contributed by atoms with van der Waals surface area (Å²) in [6.07, 6.45) is 1.28. The van der Waals surface area contributed by atoms with Crippen LogP contribution in [-0.4, -0.2) is 60.4 Å². The van der Waals surface area contributed by atoms with Crippen LogP contribution in [-0.2, 0) is 40.4 Å². The van der Waals surface area contributed by atoms with Crippen LogP contribution in [0.3, 0.4) is 0 Å². The van der Waals surface area contributed by atoms with Crippen molar-refractivity contribution in [3.05, 3.63) is 138 Å². The van der Waals surface area contributed by atoms with Crippen LogP contribution in [0.4, 0.5) is 4.79 Å². The van der Waals surface area contributed by atoms with Gasteiger partial charge in [-0.15, -0.1) is 0 Å². The molecule has 3 amide bonds. The second-order valence-corrected chi connectivity index (χ2v) is 11.4. The molecule has 4 rings (SSSR count). The standard InChI is InChI=1S/C38H43N3O5/c1-29(40(2)25-13-20-30-14-7-4-8-15-30)36(42)39-37(43)35(41(3)38(44)46-28-33-18-11-6-12-19-33)26-31-21-23-34(24-22-31)45-27-32-16-9-5-10-17-32/h4-12,14-19,21-24,29,35H,13,20,25-28H2,1-3H3,(H,39,42,43)/t29-,35+/m1/s1. The van der Waals surface area contributed by atoms with Gasteiger partial charge in [0.1, 0.15) is 25.0 Å². The minimum Gasteiger partial charge on any atom is -0.489 e. The number of hydrogen-bond donors (Lipinski definition) is 1. The Morgan fingerprint density at radius 3 is 1.80 bits per heavy atom. The summed E-state index contributed by atoms with van der Waals surface area (Å²) in [4.78, 5) is 43.1. The van der Waals surface area contributed by atoms with Crippen LogP contribution in [0, 0.1) is 0 Å². The van der Waals surface area contributed by atoms with Crippen LogP contribution in [0.25, 0.3) is 0 Å². The van der Waals surface area contributed by atoms with Crippen LogP contribution in [0.5, 0.6) is 5.75 Å². The lowest BCUT2D eigenvalue weighted by molar-refractivity contribution is -0.135. The van der Waals surface area contributed by atoms with Gasteiger partial charge < -0.3 is 9.47 Å². The average molecular weight is 622 g/mol. The molecule has 240 valence electrons. The number of likely N-dealkylation sites (N-methyl/N-ethyl adjacent to an activating group) is 2. The highest BCUT2D eigenvalue weighted by Crippen LogP contribution is 2.18. The summed E-state index contributed by atoms with van der Waals surface area (Å²) < 4.78 is 11.4. The lowest BCUT2D eigenvalue weighted by atomic mass is 10.0. The Bertz CT molecular complexity index is 1510. The van der Waals surface area contributed by atoms with Crippen molar-refractivity contribution in [2.45, 2.75) is 51.5 Å². The van der Waals surface area contributed by atoms with Gasteiger partial charge >= 0.3 is 6.09 Å². The molecule has 0 bridgehead atoms. The van der Waals surface area contributed by atoms with E-state index in [1.54, 1.807) is 6.92 Å². The maximum absolute atomic E-state index is 13.6. The molecular formula is C38H43N3O5. The third-order valence-corrected chi connectivity index (χ3v) is 7.97. The van der Waals surface area contributed by atoms with E-state index in [-0.39, 0.29) is 13.0 Å². The van der Waals surface area contributed by atoms with Crippen molar-refractivity contribution in [2.24, 2.45) is 0 Å². The number of carbonyl (C=O) groups is 3. The van der Waals surface area contributed by atoms with E-state index in [1.165, 1.54) is 17.5 Å². The number of imide groups is 1. The van der Waals surface area contributed by atoms with Gasteiger partial charge in [0.25, 0.3) is 0 Å². The van der Waals surface area contributed by atoms with E-state index in [1.807, 2.05) is 115 Å². The van der Waals surface area contributed by atoms with Gasteiger partial charge in [0.05, 0.1) is 6.04 Å². The SMILES string of the molecule is C[C@H](C(=O)NC(=O)[C@H](Cc1ccc(OCc2ccccc2)cc1)N(C)C(=O)OCc1ccccc1)N(C)CCCc1ccccc1. The van der Waals surface area contributed by atoms with Gasteiger partial charge in [-0.25, -0.2) is 4.79 Å². The molecule has 0 saturated heterocycles. The van der Waals surface area contributed by atoms with Crippen molar-refractivity contribution >= 4 is 17.9 Å². The smallest absolute Gasteiger partial charge is 0.410 e. The van der Waals surface area contributed by atoms with Gasteiger partial charge in [0, 0.05) is 13.5 Å². The second kappa shape index (κ2) is 17.5. The molecule has 8 nitrogen and oxygen atoms in total. The zero-order chi connectivity index (χ0) is 32.7. The molecule has 1 N–H and O–H groups in total. The molecule has 0 aliphatic carbocycles. The van der Waals surface area contributed by atoms with Crippen LogP contribution in [0.15, 0.2) is 115 Å². The average Bonchev–Trinajstić information content (AvgIpc) is 3.09. The van der Waals surface area contributed by atoms with Crippen LogP contribution in [0.2, 0.25) is 0 Å². The predicted octanol–water partition coefficient (Wildman–Crippen LogP) is 6.04. The number of nitrogens with zero attached hydrogens (tertiary/aromatic N) is 2. The van der Waals surface area contributed by atoms with Crippen molar-refractivity contribution in [3.63, 3.8) is 0 Å². The van der Waals surface area contributed by atoms with Gasteiger partial charge in [0.2, 0.25) is 11.8 Å². The summed E-state index contributed by atoms with van der Waals surface area (Å²) in [6.45, 7) is 2.95. The third kappa shape index (κ3) is 10.6. The number of benzene rings is 4. The zero-order valence-corrected chi connectivity index (χ0v) is 26.8. The lowest BCUT2D eigenvalue weighted by Crippen LogP contribution is -2.53. The largest absolute Gasteiger partial charge is 0.489 e. The first-order valence-electron chi connectivity index (χ1n) is 15.6. The van der Waals surface area contributed by atoms with Crippen molar-refractivity contribution in [1.82, 2.24) is 15.1 Å². The molecule has 46 heavy (non-hydrogen) atoms. The number of nitrogens with one attached hydrogen (secondary N) is 1. The first kappa shape index (κ1) is 33.9. The number of carbonyl (C=O) groups excluding carboxylic acids is 3. The summed E-state index contributed by atoms with van der Waals surface area (Å²) in [5.74, 6) is -0.311. The first-order chi connectivity index (χ1) is 22.3. The molecule has 0 aliphatic rings. The molecule has 8 heteroatoms. The van der Waals surface area contributed by atoms with E-state index in [4.69, 9.17) is 9.47 Å². The van der Waals surface area contributed by atoms with E-state index in [9.17, 15) is 14.4 Å². The number of ether oxygens (including phenoxy) is 2. The highest BCUT2D eigenvalue weighted by molar-refractivity contribution is 6.00. The second-order valence-electron chi connectivity index (χ2n) is 11.4. The molecular weight excluding hydrogens is 578 g/mol. The Kier molecular flexibility index (Phi) is 12.9. The molecule has 0 heterocycles. The summed E-state index contributed by atoms with van der Waals surface area (Å²) in [6, 6.07) is 35.2. The molecule has 4 aromatic carbocycles. The molecule has 0 saturated carbocycles. The summed E-state index contributed by atoms with van der Waals surface area (Å²) in [7, 11) is 3.38. The van der Waals surface area contributed by atoms with E-state index < -0.39 is 30.0 Å². The Hall–Kier alpha value is -4.95. The number of hydrogen-bond acceptors (Lipinski definition) is 6. The molecule has 0 fully saturated rings. The van der Waals surface area contributed by atoms with Crippen LogP contribution < -0.4 is 10.1 Å². The van der Waals surface area contributed by atoms with Gasteiger partial charge in [-0.05, 0) is 67.7 Å². The normalized spacial score (nSPS) is 12.2. The number of rotatable bonds is 15. The van der Waals surface area contributed by atoms with E-state index in [0.29, 0.717) is 18.9 Å². The van der Waals surface area contributed by atoms with Crippen molar-refractivity contribution < 1.29 is 23.9 Å². The van der Waals surface area contributed by atoms with Gasteiger partial charge in [-0.3, -0.25) is 24.7 Å². The third-order valence-electron chi connectivity index (χ3n) is 7.97. The molecule has 0 unspecified atom stereocenters. The predicted molar refractivity (Wildman–Crippen MR) is 179 cm³/mol. The summed E-state index contributed by atoms with van der Waals surface area (Å²) >= 11 is 0. The Morgan fingerprint density at radius 2 is 1.22 bits per heavy atom. The van der Waals surface area contributed by atoms with E-state index in [2.05, 4.69) is 17.4 Å². The molecule has 0 aliphatic heterocycles. The highest BCUT2D eigenvalue weighted by Gasteiger charge is 2.31. The highest BCUT2D eigenvalue weighted by atomic mass is 16.6. The topological polar surface area (TPSA) is 88.2 Å². The fourth-order valence-corrected chi connectivity index (χ4v) is 4.92. The molecule has 0 radical (unpaired) electrons. The number of amides is 3. The van der Waals surface area contributed by atoms with Gasteiger partial charge in [-0.1, -0.05) is 103 Å². The first-order valence-corrected chi connectivity index (χ1v) is 15.6. The summed E-state index contributed by atoms with van der Waals surface area (Å²) in [5, 5.41) is 2.55. The minimum absolute atomic E-state index is 0.0650. The Balaban J connectivity index is 1.38. The fraction of sp³-hybridized carbons (Fsp3) is 0.289. The quantitative estimate of drug-likeness (QED) is 0.174. The molecule has 0 aromatic heterocycles. The fourth-order valence-electron chi connectivity index (χ4n) is 4.92. The molecule has 4 aromatic rings. The van der Waals surface area contributed by atoms with Gasteiger partial charge in [0.15, 0.2) is 0 Å². The monoisotopic (exact) mass is 621 g/mol. The maximum atomic E-state index is 13.6. The van der Waals surface area contributed by atoms with E-state index >= 15 is 0 Å². The molecule has 2 atom stereocenters. The zero-order valence-electron chi connectivity index (χ0n) is 26.8. The Morgan fingerprint density at radius 1 is 0.674 bits per heavy atom. The maximum Gasteiger partial charge on any atom is 0.410 e. The molecule has 0 spiro atoms. The van der Waals surface area contributed by atoms with Gasteiger partial charge in [-0.2, -0.15) is 0 Å².